The monoisotopic (exact) mass is 408 g/mol. The van der Waals surface area contributed by atoms with Crippen molar-refractivity contribution < 1.29 is 9.90 Å². The number of carboxylic acid groups (broad SMARTS) is 1. The number of carboxylic acids is 1. The normalized spacial score (nSPS) is 17.8. The van der Waals surface area contributed by atoms with Crippen LogP contribution in [0.4, 0.5) is 0 Å². The second kappa shape index (κ2) is 8.24. The Bertz CT molecular complexity index is 845. The molecule has 1 heterocycles. The van der Waals surface area contributed by atoms with Gasteiger partial charge in [-0.2, -0.15) is 0 Å². The van der Waals surface area contributed by atoms with E-state index in [-0.39, 0.29) is 17.8 Å². The Morgan fingerprint density at radius 2 is 2.11 bits per heavy atom. The molecule has 2 aromatic rings. The molecule has 1 aliphatic rings. The van der Waals surface area contributed by atoms with E-state index in [1.165, 1.54) is 0 Å². The highest BCUT2D eigenvalue weighted by Gasteiger charge is 2.36. The molecular weight excluding hydrogens is 383 g/mol. The standard InChI is InChI=1S/C21H26Cl2N2O2/c1-4-15(21(26)27)16-6-5-7-18-19(16)25(20(24-18)12(2)3)11-13-8-9-14(22)10-17(13)23/h8-10,12,15-16H,4-7,11H2,1-3H3,(H,26,27). The highest BCUT2D eigenvalue weighted by atomic mass is 35.5. The highest BCUT2D eigenvalue weighted by molar-refractivity contribution is 6.35. The van der Waals surface area contributed by atoms with Gasteiger partial charge in [-0.25, -0.2) is 4.98 Å². The first kappa shape index (κ1) is 20.2. The molecule has 0 bridgehead atoms. The Morgan fingerprint density at radius 3 is 2.70 bits per heavy atom. The predicted molar refractivity (Wildman–Crippen MR) is 109 cm³/mol. The van der Waals surface area contributed by atoms with Crippen molar-refractivity contribution in [2.45, 2.75) is 64.8 Å². The minimum Gasteiger partial charge on any atom is -0.481 e. The maximum absolute atomic E-state index is 11.9. The van der Waals surface area contributed by atoms with Gasteiger partial charge in [0.25, 0.3) is 0 Å². The third kappa shape index (κ3) is 4.02. The summed E-state index contributed by atoms with van der Waals surface area (Å²) in [4.78, 5) is 16.8. The van der Waals surface area contributed by atoms with Crippen LogP contribution in [-0.2, 0) is 17.8 Å². The molecule has 0 radical (unpaired) electrons. The van der Waals surface area contributed by atoms with Gasteiger partial charge in [0, 0.05) is 27.6 Å². The first-order valence-electron chi connectivity index (χ1n) is 9.59. The Balaban J connectivity index is 2.12. The molecular formula is C21H26Cl2N2O2. The van der Waals surface area contributed by atoms with Crippen molar-refractivity contribution in [3.05, 3.63) is 51.0 Å². The van der Waals surface area contributed by atoms with Crippen LogP contribution in [-0.4, -0.2) is 20.6 Å². The number of fused-ring (bicyclic) bond motifs is 1. The van der Waals surface area contributed by atoms with E-state index in [4.69, 9.17) is 28.2 Å². The summed E-state index contributed by atoms with van der Waals surface area (Å²) in [6, 6.07) is 5.53. The first-order chi connectivity index (χ1) is 12.8. The van der Waals surface area contributed by atoms with Crippen molar-refractivity contribution in [2.75, 3.05) is 0 Å². The lowest BCUT2D eigenvalue weighted by Crippen LogP contribution is -2.27. The summed E-state index contributed by atoms with van der Waals surface area (Å²) < 4.78 is 2.21. The molecule has 0 amide bonds. The number of rotatable bonds is 6. The summed E-state index contributed by atoms with van der Waals surface area (Å²) >= 11 is 12.5. The molecule has 1 aliphatic carbocycles. The van der Waals surface area contributed by atoms with Crippen LogP contribution in [0.2, 0.25) is 10.0 Å². The summed E-state index contributed by atoms with van der Waals surface area (Å²) in [7, 11) is 0. The van der Waals surface area contributed by atoms with Gasteiger partial charge in [-0.3, -0.25) is 4.79 Å². The highest BCUT2D eigenvalue weighted by Crippen LogP contribution is 2.40. The maximum Gasteiger partial charge on any atom is 0.307 e. The molecule has 146 valence electrons. The predicted octanol–water partition coefficient (Wildman–Crippen LogP) is 5.89. The van der Waals surface area contributed by atoms with Gasteiger partial charge in [0.1, 0.15) is 5.82 Å². The van der Waals surface area contributed by atoms with E-state index < -0.39 is 5.97 Å². The fourth-order valence-electron chi connectivity index (χ4n) is 4.21. The number of imidazole rings is 1. The summed E-state index contributed by atoms with van der Waals surface area (Å²) in [6.07, 6.45) is 3.39. The smallest absolute Gasteiger partial charge is 0.307 e. The number of hydrogen-bond acceptors (Lipinski definition) is 2. The fourth-order valence-corrected chi connectivity index (χ4v) is 4.68. The SMILES string of the molecule is CCC(C(=O)O)C1CCCc2nc(C(C)C)n(Cc3ccc(Cl)cc3Cl)c21. The topological polar surface area (TPSA) is 55.1 Å². The van der Waals surface area contributed by atoms with Gasteiger partial charge in [-0.1, -0.05) is 50.0 Å². The van der Waals surface area contributed by atoms with E-state index in [1.54, 1.807) is 6.07 Å². The molecule has 0 saturated heterocycles. The van der Waals surface area contributed by atoms with Crippen LogP contribution < -0.4 is 0 Å². The number of carbonyl (C=O) groups is 1. The molecule has 1 aromatic carbocycles. The lowest BCUT2D eigenvalue weighted by Gasteiger charge is -2.29. The second-order valence-electron chi connectivity index (χ2n) is 7.63. The van der Waals surface area contributed by atoms with Crippen molar-refractivity contribution in [3.8, 4) is 0 Å². The van der Waals surface area contributed by atoms with Crippen LogP contribution >= 0.6 is 23.2 Å². The van der Waals surface area contributed by atoms with Gasteiger partial charge < -0.3 is 9.67 Å². The largest absolute Gasteiger partial charge is 0.481 e. The van der Waals surface area contributed by atoms with Crippen molar-refractivity contribution in [3.63, 3.8) is 0 Å². The van der Waals surface area contributed by atoms with E-state index in [2.05, 4.69) is 18.4 Å². The zero-order chi connectivity index (χ0) is 19.7. The van der Waals surface area contributed by atoms with Crippen LogP contribution in [0.3, 0.4) is 0 Å². The zero-order valence-electron chi connectivity index (χ0n) is 16.0. The third-order valence-corrected chi connectivity index (χ3v) is 6.08. The Morgan fingerprint density at radius 1 is 1.37 bits per heavy atom. The molecule has 0 spiro atoms. The molecule has 1 aromatic heterocycles. The first-order valence-corrected chi connectivity index (χ1v) is 10.3. The molecule has 0 fully saturated rings. The summed E-state index contributed by atoms with van der Waals surface area (Å²) in [5.74, 6) is 0.117. The number of halogens is 2. The number of aromatic nitrogens is 2. The summed E-state index contributed by atoms with van der Waals surface area (Å²) in [6.45, 7) is 6.78. The molecule has 0 saturated carbocycles. The van der Waals surface area contributed by atoms with Gasteiger partial charge in [0.05, 0.1) is 18.2 Å². The second-order valence-corrected chi connectivity index (χ2v) is 8.47. The number of nitrogens with zero attached hydrogens (tertiary/aromatic N) is 2. The Kier molecular flexibility index (Phi) is 6.17. The molecule has 0 aliphatic heterocycles. The maximum atomic E-state index is 11.9. The van der Waals surface area contributed by atoms with Crippen molar-refractivity contribution >= 4 is 29.2 Å². The third-order valence-electron chi connectivity index (χ3n) is 5.50. The van der Waals surface area contributed by atoms with E-state index >= 15 is 0 Å². The molecule has 2 atom stereocenters. The lowest BCUT2D eigenvalue weighted by atomic mass is 9.79. The quantitative estimate of drug-likeness (QED) is 0.647. The van der Waals surface area contributed by atoms with Gasteiger partial charge in [0.15, 0.2) is 0 Å². The van der Waals surface area contributed by atoms with Crippen molar-refractivity contribution in [2.24, 2.45) is 5.92 Å². The number of hydrogen-bond donors (Lipinski definition) is 1. The van der Waals surface area contributed by atoms with Gasteiger partial charge in [-0.05, 0) is 43.4 Å². The van der Waals surface area contributed by atoms with E-state index in [9.17, 15) is 9.90 Å². The number of aryl methyl sites for hydroxylation is 1. The van der Waals surface area contributed by atoms with Crippen LogP contribution in [0.5, 0.6) is 0 Å². The fraction of sp³-hybridized carbons (Fsp3) is 0.524. The molecule has 2 unspecified atom stereocenters. The average Bonchev–Trinajstić information content (AvgIpc) is 2.97. The van der Waals surface area contributed by atoms with E-state index in [1.807, 2.05) is 19.1 Å². The molecule has 3 rings (SSSR count). The van der Waals surface area contributed by atoms with Crippen molar-refractivity contribution in [1.29, 1.82) is 0 Å². The average molecular weight is 409 g/mol. The number of aliphatic carboxylic acids is 1. The van der Waals surface area contributed by atoms with Crippen LogP contribution in [0.1, 0.15) is 74.6 Å². The Hall–Kier alpha value is -1.52. The lowest BCUT2D eigenvalue weighted by molar-refractivity contribution is -0.142. The molecule has 1 N–H and O–H groups in total. The molecule has 4 nitrogen and oxygen atoms in total. The summed E-state index contributed by atoms with van der Waals surface area (Å²) in [5, 5.41) is 11.0. The number of benzene rings is 1. The van der Waals surface area contributed by atoms with Gasteiger partial charge in [0.2, 0.25) is 0 Å². The van der Waals surface area contributed by atoms with E-state index in [0.717, 1.165) is 42.0 Å². The minimum atomic E-state index is -0.723. The van der Waals surface area contributed by atoms with Gasteiger partial charge in [-0.15, -0.1) is 0 Å². The minimum absolute atomic E-state index is 0.0117. The van der Waals surface area contributed by atoms with E-state index in [0.29, 0.717) is 23.0 Å². The van der Waals surface area contributed by atoms with Gasteiger partial charge >= 0.3 is 5.97 Å². The Labute approximate surface area is 170 Å². The summed E-state index contributed by atoms with van der Waals surface area (Å²) in [5.41, 5.74) is 3.11. The molecule has 6 heteroatoms. The van der Waals surface area contributed by atoms with Crippen LogP contribution in [0.15, 0.2) is 18.2 Å². The van der Waals surface area contributed by atoms with Crippen molar-refractivity contribution in [1.82, 2.24) is 9.55 Å². The van der Waals surface area contributed by atoms with Crippen LogP contribution in [0.25, 0.3) is 0 Å². The molecule has 27 heavy (non-hydrogen) atoms. The van der Waals surface area contributed by atoms with Crippen LogP contribution in [0, 0.1) is 5.92 Å². The zero-order valence-corrected chi connectivity index (χ0v) is 17.5.